The van der Waals surface area contributed by atoms with Gasteiger partial charge in [0, 0.05) is 22.4 Å². The summed E-state index contributed by atoms with van der Waals surface area (Å²) in [6.45, 7) is 0. The second-order valence-electron chi connectivity index (χ2n) is 8.27. The number of hydrogen-bond donors (Lipinski definition) is 1. The number of fused-ring (bicyclic) bond motifs is 7. The molecular weight excluding hydrogens is 420 g/mol. The Kier molecular flexibility index (Phi) is 4.70. The third kappa shape index (κ3) is 3.16. The maximum atomic E-state index is 12.1. The molecule has 6 aromatic rings. The van der Waals surface area contributed by atoms with Crippen LogP contribution < -0.4 is 0 Å². The fraction of sp³-hybridized carbons (Fsp3) is 0. The topological polar surface area (TPSA) is 58.9 Å². The minimum Gasteiger partial charge on any atom is -0.348 e. The number of H-pyrrole nitrogens is 1. The van der Waals surface area contributed by atoms with Crippen molar-refractivity contribution in [2.24, 2.45) is 0 Å². The highest BCUT2D eigenvalue weighted by molar-refractivity contribution is 6.20. The van der Waals surface area contributed by atoms with Crippen LogP contribution in [-0.2, 0) is 0 Å². The second kappa shape index (κ2) is 8.01. The summed E-state index contributed by atoms with van der Waals surface area (Å²) in [6, 6.07) is 38.0. The zero-order valence-electron chi connectivity index (χ0n) is 18.2. The van der Waals surface area contributed by atoms with Gasteiger partial charge in [0.15, 0.2) is 0 Å². The number of rotatable bonds is 2. The van der Waals surface area contributed by atoms with Gasteiger partial charge in [-0.1, -0.05) is 109 Å². The van der Waals surface area contributed by atoms with E-state index >= 15 is 0 Å². The van der Waals surface area contributed by atoms with E-state index in [2.05, 4.69) is 47.4 Å². The summed E-state index contributed by atoms with van der Waals surface area (Å²) in [5.41, 5.74) is 3.43. The van der Waals surface area contributed by atoms with Crippen molar-refractivity contribution in [3.63, 3.8) is 0 Å². The number of nitro benzene ring substituents is 1. The van der Waals surface area contributed by atoms with Crippen LogP contribution in [-0.4, -0.2) is 9.91 Å². The lowest BCUT2D eigenvalue weighted by Gasteiger charge is -2.08. The first-order chi connectivity index (χ1) is 16.7. The van der Waals surface area contributed by atoms with Crippen LogP contribution in [0.2, 0.25) is 0 Å². The van der Waals surface area contributed by atoms with Crippen molar-refractivity contribution in [2.75, 3.05) is 0 Å². The first kappa shape index (κ1) is 19.9. The zero-order valence-corrected chi connectivity index (χ0v) is 18.2. The molecule has 4 nitrogen and oxygen atoms in total. The predicted octanol–water partition coefficient (Wildman–Crippen LogP) is 8.33. The van der Waals surface area contributed by atoms with Gasteiger partial charge in [-0.2, -0.15) is 0 Å². The molecule has 0 aliphatic heterocycles. The molecule has 5 aromatic carbocycles. The number of nitrogens with one attached hydrogen (secondary N) is 1. The van der Waals surface area contributed by atoms with E-state index in [1.54, 1.807) is 12.1 Å². The molecule has 1 N–H and O–H groups in total. The Hall–Kier alpha value is -4.70. The molecule has 0 amide bonds. The summed E-state index contributed by atoms with van der Waals surface area (Å²) in [4.78, 5) is 15.3. The molecule has 162 valence electrons. The van der Waals surface area contributed by atoms with E-state index in [1.807, 2.05) is 60.7 Å². The first-order valence-electron chi connectivity index (χ1n) is 11.1. The molecule has 34 heavy (non-hydrogen) atoms. The predicted molar refractivity (Wildman–Crippen MR) is 141 cm³/mol. The fourth-order valence-corrected chi connectivity index (χ4v) is 4.85. The summed E-state index contributed by atoms with van der Waals surface area (Å²) in [7, 11) is 0. The number of nitrogens with zero attached hydrogens (tertiary/aromatic N) is 1. The van der Waals surface area contributed by atoms with E-state index < -0.39 is 0 Å². The molecule has 0 aliphatic rings. The van der Waals surface area contributed by atoms with Crippen LogP contribution in [0.4, 0.5) is 5.69 Å². The minimum absolute atomic E-state index is 0.0482. The summed E-state index contributed by atoms with van der Waals surface area (Å²) in [5.74, 6) is 0. The Balaban J connectivity index is 2.02. The van der Waals surface area contributed by atoms with Gasteiger partial charge in [-0.3, -0.25) is 10.1 Å². The lowest BCUT2D eigenvalue weighted by atomic mass is 9.98. The van der Waals surface area contributed by atoms with Gasteiger partial charge >= 0.3 is 0 Å². The highest BCUT2D eigenvalue weighted by Crippen LogP contribution is 2.36. The summed E-state index contributed by atoms with van der Waals surface area (Å²) < 4.78 is 0. The summed E-state index contributed by atoms with van der Waals surface area (Å²) in [5, 5.41) is 18.1. The van der Waals surface area contributed by atoms with Gasteiger partial charge in [0.25, 0.3) is 5.69 Å². The number of aromatic nitrogens is 1. The van der Waals surface area contributed by atoms with Crippen molar-refractivity contribution >= 4 is 49.0 Å². The van der Waals surface area contributed by atoms with Crippen LogP contribution in [0.15, 0.2) is 115 Å². The van der Waals surface area contributed by atoms with E-state index in [-0.39, 0.29) is 10.6 Å². The lowest BCUT2D eigenvalue weighted by Crippen LogP contribution is -1.91. The normalized spacial score (nSPS) is 11.2. The Morgan fingerprint density at radius 1 is 0.500 bits per heavy atom. The summed E-state index contributed by atoms with van der Waals surface area (Å²) >= 11 is 0. The Labute approximate surface area is 195 Å². The molecule has 0 atom stereocenters. The van der Waals surface area contributed by atoms with Crippen LogP contribution in [0.1, 0.15) is 0 Å². The maximum absolute atomic E-state index is 12.1. The average Bonchev–Trinajstić information content (AvgIpc) is 2.94. The van der Waals surface area contributed by atoms with Crippen LogP contribution >= 0.6 is 0 Å². The zero-order chi connectivity index (χ0) is 23.1. The second-order valence-corrected chi connectivity index (χ2v) is 8.27. The van der Waals surface area contributed by atoms with Crippen LogP contribution in [0, 0.1) is 10.1 Å². The summed E-state index contributed by atoms with van der Waals surface area (Å²) in [6.07, 6.45) is 0. The van der Waals surface area contributed by atoms with Crippen molar-refractivity contribution in [1.29, 1.82) is 0 Å². The van der Waals surface area contributed by atoms with Gasteiger partial charge in [0.05, 0.1) is 10.4 Å². The van der Waals surface area contributed by atoms with Crippen molar-refractivity contribution < 1.29 is 4.92 Å². The molecule has 0 saturated heterocycles. The van der Waals surface area contributed by atoms with Gasteiger partial charge < -0.3 is 4.98 Å². The Morgan fingerprint density at radius 3 is 1.56 bits per heavy atom. The molecule has 1 heterocycles. The maximum Gasteiger partial charge on any atom is 0.293 e. The highest BCUT2D eigenvalue weighted by atomic mass is 16.6. The third-order valence-electron chi connectivity index (χ3n) is 6.36. The number of benzene rings is 5. The van der Waals surface area contributed by atoms with Gasteiger partial charge in [0.2, 0.25) is 0 Å². The van der Waals surface area contributed by atoms with E-state index in [0.29, 0.717) is 5.52 Å². The highest BCUT2D eigenvalue weighted by Gasteiger charge is 2.15. The van der Waals surface area contributed by atoms with Crippen LogP contribution in [0.5, 0.6) is 0 Å². The van der Waals surface area contributed by atoms with Crippen molar-refractivity contribution in [3.05, 3.63) is 125 Å². The molecule has 4 heteroatoms. The molecular formula is C30H20N2O2. The smallest absolute Gasteiger partial charge is 0.293 e. The molecule has 0 aliphatic carbocycles. The van der Waals surface area contributed by atoms with Gasteiger partial charge in [-0.25, -0.2) is 0 Å². The van der Waals surface area contributed by atoms with E-state index in [0.717, 1.165) is 49.0 Å². The first-order valence-corrected chi connectivity index (χ1v) is 11.1. The third-order valence-corrected chi connectivity index (χ3v) is 6.36. The molecule has 0 radical (unpaired) electrons. The minimum atomic E-state index is -0.315. The number of para-hydroxylation sites is 2. The molecule has 0 spiro atoms. The SMILES string of the molecule is O=[N+]([O-])c1cccc2c1[nH]c1c(-c3ccccc3)cccc1c1ccccc1c1ccccc21. The van der Waals surface area contributed by atoms with Crippen LogP contribution in [0.3, 0.4) is 0 Å². The average molecular weight is 441 g/mol. The molecule has 0 saturated carbocycles. The van der Waals surface area contributed by atoms with Crippen molar-refractivity contribution in [1.82, 2.24) is 4.98 Å². The van der Waals surface area contributed by atoms with Gasteiger partial charge in [-0.05, 0) is 27.1 Å². The lowest BCUT2D eigenvalue weighted by molar-refractivity contribution is -0.383. The fourth-order valence-electron chi connectivity index (χ4n) is 4.85. The number of aromatic amines is 1. The van der Waals surface area contributed by atoms with E-state index in [4.69, 9.17) is 0 Å². The largest absolute Gasteiger partial charge is 0.348 e. The monoisotopic (exact) mass is 440 g/mol. The van der Waals surface area contributed by atoms with Gasteiger partial charge in [0.1, 0.15) is 5.52 Å². The number of non-ortho nitro benzene ring substituents is 1. The molecule has 0 fully saturated rings. The molecule has 0 unspecified atom stereocenters. The Morgan fingerprint density at radius 2 is 0.971 bits per heavy atom. The van der Waals surface area contributed by atoms with Gasteiger partial charge in [-0.15, -0.1) is 0 Å². The quantitative estimate of drug-likeness (QED) is 0.217. The van der Waals surface area contributed by atoms with Crippen molar-refractivity contribution in [3.8, 4) is 11.1 Å². The number of hydrogen-bond acceptors (Lipinski definition) is 2. The molecule has 6 rings (SSSR count). The van der Waals surface area contributed by atoms with E-state index in [1.165, 1.54) is 0 Å². The standard InChI is InChI=1S/C30H20N2O2/c33-32(34)28-19-9-18-27-25-15-7-5-13-23(25)22-12-4-6-14-24(22)26-17-8-16-21(29(26)31-30(27)28)20-10-2-1-3-11-20/h1-19,31H. The van der Waals surface area contributed by atoms with Crippen LogP contribution in [0.25, 0.3) is 54.5 Å². The molecule has 0 bridgehead atoms. The number of nitro groups is 1. The molecule has 1 aromatic heterocycles. The van der Waals surface area contributed by atoms with E-state index in [9.17, 15) is 10.1 Å². The Bertz CT molecular complexity index is 1780. The van der Waals surface area contributed by atoms with Crippen molar-refractivity contribution in [2.45, 2.75) is 0 Å².